The molecule has 1 heterocycles. The third kappa shape index (κ3) is 4.29. The molecule has 0 saturated carbocycles. The zero-order valence-corrected chi connectivity index (χ0v) is 24.8. The Hall–Kier alpha value is -4.63. The van der Waals surface area contributed by atoms with Crippen LogP contribution in [-0.2, 0) is 11.1 Å². The first-order chi connectivity index (χ1) is 21.2. The molecule has 2 nitrogen and oxygen atoms in total. The third-order valence-electron chi connectivity index (χ3n) is 8.45. The molecule has 0 aliphatic carbocycles. The van der Waals surface area contributed by atoms with Crippen LogP contribution in [0, 0.1) is 0 Å². The van der Waals surface area contributed by atoms with Crippen LogP contribution in [0.4, 0.5) is 0 Å². The van der Waals surface area contributed by atoms with E-state index in [9.17, 15) is 0 Å². The van der Waals surface area contributed by atoms with Gasteiger partial charge in [-0.05, 0) is 45.5 Å². The van der Waals surface area contributed by atoms with Crippen molar-refractivity contribution < 1.29 is 0 Å². The van der Waals surface area contributed by atoms with Gasteiger partial charge in [-0.3, -0.25) is 4.99 Å². The highest BCUT2D eigenvalue weighted by Crippen LogP contribution is 2.57. The topological polar surface area (TPSA) is 24.4 Å². The van der Waals surface area contributed by atoms with E-state index in [2.05, 4.69) is 115 Å². The standard InChI is InChI=1S/C39H28Cl2N2/c40-35-25-12-10-21-31(35)32-23-14-24-34(37(32)33-22-11-13-26-36(33)41)39(30-19-8-3-9-20-30)38(42-27-43-39,28-15-4-1-5-16-28)29-17-6-2-7-18-29/h1-27H,(H,42,43). The molecule has 0 saturated heterocycles. The minimum Gasteiger partial charge on any atom is -0.360 e. The van der Waals surface area contributed by atoms with Gasteiger partial charge < -0.3 is 5.32 Å². The normalized spacial score (nSPS) is 17.0. The van der Waals surface area contributed by atoms with Crippen LogP contribution in [-0.4, -0.2) is 6.34 Å². The summed E-state index contributed by atoms with van der Waals surface area (Å²) in [7, 11) is 0. The maximum Gasteiger partial charge on any atom is 0.144 e. The van der Waals surface area contributed by atoms with Gasteiger partial charge in [0, 0.05) is 21.2 Å². The lowest BCUT2D eigenvalue weighted by atomic mass is 9.61. The Balaban J connectivity index is 1.68. The first-order valence-corrected chi connectivity index (χ1v) is 15.0. The Morgan fingerprint density at radius 3 is 1.47 bits per heavy atom. The Morgan fingerprint density at radius 1 is 0.442 bits per heavy atom. The van der Waals surface area contributed by atoms with Crippen molar-refractivity contribution in [2.75, 3.05) is 0 Å². The van der Waals surface area contributed by atoms with Crippen LogP contribution in [0.5, 0.6) is 0 Å². The van der Waals surface area contributed by atoms with Gasteiger partial charge in [0.25, 0.3) is 0 Å². The largest absolute Gasteiger partial charge is 0.360 e. The average molecular weight is 596 g/mol. The molecule has 0 radical (unpaired) electrons. The Morgan fingerprint density at radius 2 is 0.907 bits per heavy atom. The molecule has 0 aromatic heterocycles. The van der Waals surface area contributed by atoms with Crippen molar-refractivity contribution in [2.24, 2.45) is 4.99 Å². The molecular formula is C39H28Cl2N2. The molecule has 7 rings (SSSR count). The van der Waals surface area contributed by atoms with Crippen LogP contribution >= 0.6 is 23.2 Å². The lowest BCUT2D eigenvalue weighted by molar-refractivity contribution is 0.325. The Labute approximate surface area is 262 Å². The van der Waals surface area contributed by atoms with Gasteiger partial charge in [0.15, 0.2) is 0 Å². The first kappa shape index (κ1) is 27.2. The summed E-state index contributed by atoms with van der Waals surface area (Å²) in [5.74, 6) is 0. The van der Waals surface area contributed by atoms with Crippen molar-refractivity contribution in [1.29, 1.82) is 0 Å². The molecule has 0 spiro atoms. The van der Waals surface area contributed by atoms with Gasteiger partial charge in [0.05, 0.1) is 6.34 Å². The lowest BCUT2D eigenvalue weighted by Gasteiger charge is -2.47. The zero-order chi connectivity index (χ0) is 29.3. The van der Waals surface area contributed by atoms with Crippen LogP contribution in [0.3, 0.4) is 0 Å². The van der Waals surface area contributed by atoms with E-state index in [1.165, 1.54) is 0 Å². The predicted molar refractivity (Wildman–Crippen MR) is 180 cm³/mol. The average Bonchev–Trinajstić information content (AvgIpc) is 3.48. The fraction of sp³-hybridized carbons (Fsp3) is 0.0513. The van der Waals surface area contributed by atoms with Gasteiger partial charge in [-0.2, -0.15) is 0 Å². The molecule has 1 unspecified atom stereocenters. The van der Waals surface area contributed by atoms with Gasteiger partial charge in [0.2, 0.25) is 0 Å². The van der Waals surface area contributed by atoms with Gasteiger partial charge in [0.1, 0.15) is 11.1 Å². The number of halogens is 2. The summed E-state index contributed by atoms with van der Waals surface area (Å²) in [4.78, 5) is 5.40. The summed E-state index contributed by atoms with van der Waals surface area (Å²) in [6.45, 7) is 0. The van der Waals surface area contributed by atoms with Crippen molar-refractivity contribution in [3.05, 3.63) is 190 Å². The highest BCUT2D eigenvalue weighted by Gasteiger charge is 2.59. The van der Waals surface area contributed by atoms with E-state index in [4.69, 9.17) is 28.2 Å². The smallest absolute Gasteiger partial charge is 0.144 e. The number of nitrogens with one attached hydrogen (secondary N) is 1. The second-order valence-electron chi connectivity index (χ2n) is 10.6. The fourth-order valence-electron chi connectivity index (χ4n) is 6.67. The molecule has 43 heavy (non-hydrogen) atoms. The summed E-state index contributed by atoms with van der Waals surface area (Å²) in [6, 6.07) is 54.1. The molecule has 1 atom stereocenters. The number of hydrogen-bond acceptors (Lipinski definition) is 2. The van der Waals surface area contributed by atoms with E-state index in [0.29, 0.717) is 10.0 Å². The second kappa shape index (κ2) is 11.2. The van der Waals surface area contributed by atoms with Crippen LogP contribution < -0.4 is 5.32 Å². The molecule has 0 fully saturated rings. The van der Waals surface area contributed by atoms with Crippen molar-refractivity contribution in [3.8, 4) is 22.3 Å². The monoisotopic (exact) mass is 594 g/mol. The summed E-state index contributed by atoms with van der Waals surface area (Å²) in [5, 5.41) is 5.18. The Kier molecular flexibility index (Phi) is 7.10. The van der Waals surface area contributed by atoms with Crippen molar-refractivity contribution >= 4 is 29.5 Å². The number of aliphatic imine (C=N–C) groups is 1. The van der Waals surface area contributed by atoms with Gasteiger partial charge in [-0.15, -0.1) is 0 Å². The van der Waals surface area contributed by atoms with Crippen LogP contribution in [0.1, 0.15) is 22.3 Å². The molecule has 4 heteroatoms. The van der Waals surface area contributed by atoms with Crippen LogP contribution in [0.2, 0.25) is 10.0 Å². The zero-order valence-electron chi connectivity index (χ0n) is 23.3. The maximum absolute atomic E-state index is 7.05. The predicted octanol–water partition coefficient (Wildman–Crippen LogP) is 10.1. The Bertz CT molecular complexity index is 1880. The number of benzene rings is 6. The molecule has 6 aromatic rings. The highest BCUT2D eigenvalue weighted by atomic mass is 35.5. The fourth-order valence-corrected chi connectivity index (χ4v) is 7.13. The molecule has 208 valence electrons. The summed E-state index contributed by atoms with van der Waals surface area (Å²) in [5.41, 5.74) is 6.36. The molecule has 6 aromatic carbocycles. The molecule has 0 amide bonds. The maximum atomic E-state index is 7.05. The minimum absolute atomic E-state index is 0.662. The number of nitrogens with zero attached hydrogens (tertiary/aromatic N) is 1. The first-order valence-electron chi connectivity index (χ1n) is 14.3. The van der Waals surface area contributed by atoms with E-state index in [-0.39, 0.29) is 0 Å². The number of rotatable bonds is 6. The van der Waals surface area contributed by atoms with E-state index in [1.807, 2.05) is 54.9 Å². The van der Waals surface area contributed by atoms with Crippen molar-refractivity contribution in [2.45, 2.75) is 11.1 Å². The van der Waals surface area contributed by atoms with E-state index in [1.54, 1.807) is 0 Å². The van der Waals surface area contributed by atoms with E-state index < -0.39 is 11.1 Å². The van der Waals surface area contributed by atoms with Gasteiger partial charge in [-0.25, -0.2) is 0 Å². The van der Waals surface area contributed by atoms with Gasteiger partial charge >= 0.3 is 0 Å². The quantitative estimate of drug-likeness (QED) is 0.204. The molecule has 1 N–H and O–H groups in total. The van der Waals surface area contributed by atoms with Crippen LogP contribution in [0.25, 0.3) is 22.3 Å². The molecular weight excluding hydrogens is 567 g/mol. The summed E-state index contributed by atoms with van der Waals surface area (Å²) < 4.78 is 0. The van der Waals surface area contributed by atoms with E-state index >= 15 is 0 Å². The summed E-state index contributed by atoms with van der Waals surface area (Å²) >= 11 is 13.9. The van der Waals surface area contributed by atoms with Crippen LogP contribution in [0.15, 0.2) is 163 Å². The minimum atomic E-state index is -0.872. The van der Waals surface area contributed by atoms with E-state index in [0.717, 1.165) is 44.5 Å². The molecule has 1 aliphatic rings. The second-order valence-corrected chi connectivity index (χ2v) is 11.5. The molecule has 0 bridgehead atoms. The lowest BCUT2D eigenvalue weighted by Crippen LogP contribution is -2.54. The molecule has 1 aliphatic heterocycles. The third-order valence-corrected chi connectivity index (χ3v) is 9.11. The van der Waals surface area contributed by atoms with Crippen molar-refractivity contribution in [1.82, 2.24) is 5.32 Å². The number of hydrogen-bond donors (Lipinski definition) is 1. The highest BCUT2D eigenvalue weighted by molar-refractivity contribution is 6.34. The van der Waals surface area contributed by atoms with Gasteiger partial charge in [-0.1, -0.05) is 169 Å². The van der Waals surface area contributed by atoms with Crippen molar-refractivity contribution in [3.63, 3.8) is 0 Å². The SMILES string of the molecule is Clc1ccccc1-c1cccc(C2(c3ccccc3)NC=NC2(c2ccccc2)c2ccccc2)c1-c1ccccc1Cl. The summed E-state index contributed by atoms with van der Waals surface area (Å²) in [6.07, 6.45) is 1.87.